The van der Waals surface area contributed by atoms with Gasteiger partial charge in [-0.2, -0.15) is 5.10 Å². The van der Waals surface area contributed by atoms with Gasteiger partial charge in [0.15, 0.2) is 18.2 Å². The third kappa shape index (κ3) is 4.51. The number of hydrogen-bond donors (Lipinski definition) is 0. The Morgan fingerprint density at radius 2 is 1.78 bits per heavy atom. The van der Waals surface area contributed by atoms with E-state index in [1.807, 2.05) is 17.0 Å². The molecule has 0 radical (unpaired) electrons. The van der Waals surface area contributed by atoms with Crippen molar-refractivity contribution in [2.45, 2.75) is 13.3 Å². The molecule has 166 valence electrons. The lowest BCUT2D eigenvalue weighted by Crippen LogP contribution is -2.48. The van der Waals surface area contributed by atoms with Gasteiger partial charge in [-0.15, -0.1) is 0 Å². The molecule has 2 aliphatic heterocycles. The van der Waals surface area contributed by atoms with Crippen LogP contribution in [-0.2, 0) is 13.3 Å². The highest BCUT2D eigenvalue weighted by atomic mass is 35.5. The van der Waals surface area contributed by atoms with E-state index in [0.717, 1.165) is 31.1 Å². The van der Waals surface area contributed by atoms with Crippen molar-refractivity contribution in [3.8, 4) is 17.2 Å². The quantitative estimate of drug-likeness (QED) is 0.569. The largest absolute Gasteiger partial charge is 0.471 e. The second-order valence-electron chi connectivity index (χ2n) is 7.70. The van der Waals surface area contributed by atoms with Crippen molar-refractivity contribution in [2.24, 2.45) is 0 Å². The number of fused-ring (bicyclic) bond motifs is 1. The first-order chi connectivity index (χ1) is 15.7. The van der Waals surface area contributed by atoms with E-state index in [0.29, 0.717) is 29.6 Å². The van der Waals surface area contributed by atoms with E-state index in [-0.39, 0.29) is 19.4 Å². The Bertz CT molecular complexity index is 1090. The van der Waals surface area contributed by atoms with Crippen LogP contribution in [0.5, 0.6) is 17.2 Å². The molecule has 32 heavy (non-hydrogen) atoms. The number of nitrogens with zero attached hydrogens (tertiary/aromatic N) is 4. The summed E-state index contributed by atoms with van der Waals surface area (Å²) in [4.78, 5) is 17.3. The monoisotopic (exact) mass is 454 g/mol. The van der Waals surface area contributed by atoms with Crippen molar-refractivity contribution in [1.29, 1.82) is 0 Å². The number of halogens is 1. The summed E-state index contributed by atoms with van der Waals surface area (Å²) in [5, 5.41) is 4.89. The molecule has 8 nitrogen and oxygen atoms in total. The lowest BCUT2D eigenvalue weighted by Gasteiger charge is -2.34. The van der Waals surface area contributed by atoms with Crippen LogP contribution in [0.1, 0.15) is 16.1 Å². The zero-order chi connectivity index (χ0) is 21.9. The van der Waals surface area contributed by atoms with Crippen LogP contribution in [0.3, 0.4) is 0 Å². The third-order valence-corrected chi connectivity index (χ3v) is 5.86. The number of carbonyl (C=O) groups excluding carboxylic acids is 1. The normalized spacial score (nSPS) is 15.7. The third-order valence-electron chi connectivity index (χ3n) is 5.61. The summed E-state index contributed by atoms with van der Waals surface area (Å²) >= 11 is 5.90. The van der Waals surface area contributed by atoms with Crippen molar-refractivity contribution in [3.05, 3.63) is 71.0 Å². The van der Waals surface area contributed by atoms with Gasteiger partial charge in [0.05, 0.1) is 0 Å². The van der Waals surface area contributed by atoms with Gasteiger partial charge in [-0.05, 0) is 48.0 Å². The molecule has 0 bridgehead atoms. The van der Waals surface area contributed by atoms with Gasteiger partial charge in [-0.25, -0.2) is 4.68 Å². The lowest BCUT2D eigenvalue weighted by atomic mass is 10.1. The molecule has 0 aliphatic carbocycles. The highest BCUT2D eigenvalue weighted by Crippen LogP contribution is 2.32. The summed E-state index contributed by atoms with van der Waals surface area (Å²) in [6.45, 7) is 4.16. The smallest absolute Gasteiger partial charge is 0.272 e. The number of benzene rings is 2. The average molecular weight is 455 g/mol. The minimum Gasteiger partial charge on any atom is -0.471 e. The van der Waals surface area contributed by atoms with E-state index in [2.05, 4.69) is 16.1 Å². The fraction of sp³-hybridized carbons (Fsp3) is 0.304. The Hall–Kier alpha value is -3.23. The molecule has 9 heteroatoms. The minimum atomic E-state index is -0.0371. The van der Waals surface area contributed by atoms with Crippen LogP contribution in [0, 0.1) is 0 Å². The van der Waals surface area contributed by atoms with Gasteiger partial charge in [0.2, 0.25) is 6.79 Å². The van der Waals surface area contributed by atoms with Crippen LogP contribution < -0.4 is 14.2 Å². The molecule has 0 saturated carbocycles. The van der Waals surface area contributed by atoms with E-state index in [9.17, 15) is 4.79 Å². The molecule has 1 aromatic heterocycles. The molecule has 0 atom stereocenters. The molecule has 0 N–H and O–H groups in total. The van der Waals surface area contributed by atoms with Crippen LogP contribution in [0.25, 0.3) is 0 Å². The summed E-state index contributed by atoms with van der Waals surface area (Å²) < 4.78 is 18.2. The number of aromatic nitrogens is 2. The predicted octanol–water partition coefficient (Wildman–Crippen LogP) is 3.26. The first kappa shape index (κ1) is 20.7. The average Bonchev–Trinajstić information content (AvgIpc) is 3.48. The standard InChI is InChI=1S/C23H23ClN4O4/c24-18-2-4-19(5-3-18)30-15-28-20(7-8-25-28)23(29)27-11-9-26(10-12-27)14-17-1-6-21-22(13-17)32-16-31-21/h1-8,13H,9-12,14-16H2. The van der Waals surface area contributed by atoms with E-state index >= 15 is 0 Å². The number of ether oxygens (including phenoxy) is 3. The highest BCUT2D eigenvalue weighted by Gasteiger charge is 2.25. The van der Waals surface area contributed by atoms with Gasteiger partial charge in [0, 0.05) is 43.9 Å². The zero-order valence-electron chi connectivity index (χ0n) is 17.4. The number of hydrogen-bond acceptors (Lipinski definition) is 6. The minimum absolute atomic E-state index is 0.0371. The Kier molecular flexibility index (Phi) is 5.87. The molecule has 3 heterocycles. The lowest BCUT2D eigenvalue weighted by molar-refractivity contribution is 0.0607. The van der Waals surface area contributed by atoms with Gasteiger partial charge in [0.1, 0.15) is 11.4 Å². The fourth-order valence-electron chi connectivity index (χ4n) is 3.85. The summed E-state index contributed by atoms with van der Waals surface area (Å²) in [7, 11) is 0. The Morgan fingerprint density at radius 1 is 1.00 bits per heavy atom. The molecule has 1 fully saturated rings. The second-order valence-corrected chi connectivity index (χ2v) is 8.14. The Morgan fingerprint density at radius 3 is 2.59 bits per heavy atom. The van der Waals surface area contributed by atoms with Gasteiger partial charge in [-0.1, -0.05) is 17.7 Å². The van der Waals surface area contributed by atoms with Gasteiger partial charge < -0.3 is 19.1 Å². The summed E-state index contributed by atoms with van der Waals surface area (Å²) in [5.41, 5.74) is 1.69. The molecule has 2 aromatic carbocycles. The molecule has 0 unspecified atom stereocenters. The van der Waals surface area contributed by atoms with E-state index < -0.39 is 0 Å². The van der Waals surface area contributed by atoms with Crippen LogP contribution in [0.15, 0.2) is 54.7 Å². The zero-order valence-corrected chi connectivity index (χ0v) is 18.2. The Labute approximate surface area is 190 Å². The first-order valence-corrected chi connectivity index (χ1v) is 10.8. The maximum Gasteiger partial charge on any atom is 0.272 e. The van der Waals surface area contributed by atoms with Crippen molar-refractivity contribution in [1.82, 2.24) is 19.6 Å². The van der Waals surface area contributed by atoms with Crippen molar-refractivity contribution in [3.63, 3.8) is 0 Å². The molecular formula is C23H23ClN4O4. The van der Waals surface area contributed by atoms with Crippen molar-refractivity contribution < 1.29 is 19.0 Å². The molecule has 1 saturated heterocycles. The summed E-state index contributed by atoms with van der Waals surface area (Å²) in [6, 6.07) is 14.9. The van der Waals surface area contributed by atoms with Crippen LogP contribution >= 0.6 is 11.6 Å². The topological polar surface area (TPSA) is 69.1 Å². The number of carbonyl (C=O) groups is 1. The second kappa shape index (κ2) is 9.10. The predicted molar refractivity (Wildman–Crippen MR) is 118 cm³/mol. The van der Waals surface area contributed by atoms with Crippen molar-refractivity contribution >= 4 is 17.5 Å². The SMILES string of the molecule is O=C(c1ccnn1COc1ccc(Cl)cc1)N1CCN(Cc2ccc3c(c2)OCO3)CC1. The molecule has 3 aromatic rings. The van der Waals surface area contributed by atoms with Gasteiger partial charge in [-0.3, -0.25) is 9.69 Å². The summed E-state index contributed by atoms with van der Waals surface area (Å²) in [5.74, 6) is 2.22. The van der Waals surface area contributed by atoms with E-state index in [4.69, 9.17) is 25.8 Å². The Balaban J connectivity index is 1.15. The van der Waals surface area contributed by atoms with Gasteiger partial charge >= 0.3 is 0 Å². The van der Waals surface area contributed by atoms with Crippen LogP contribution in [-0.4, -0.2) is 58.5 Å². The maximum absolute atomic E-state index is 13.1. The van der Waals surface area contributed by atoms with Crippen molar-refractivity contribution in [2.75, 3.05) is 33.0 Å². The fourth-order valence-corrected chi connectivity index (χ4v) is 3.98. The highest BCUT2D eigenvalue weighted by molar-refractivity contribution is 6.30. The van der Waals surface area contributed by atoms with E-state index in [1.165, 1.54) is 5.56 Å². The number of rotatable bonds is 6. The molecule has 0 spiro atoms. The molecule has 5 rings (SSSR count). The van der Waals surface area contributed by atoms with E-state index in [1.54, 1.807) is 41.2 Å². The van der Waals surface area contributed by atoms with Crippen LogP contribution in [0.2, 0.25) is 5.02 Å². The number of amides is 1. The van der Waals surface area contributed by atoms with Gasteiger partial charge in [0.25, 0.3) is 5.91 Å². The van der Waals surface area contributed by atoms with Crippen LogP contribution in [0.4, 0.5) is 0 Å². The maximum atomic E-state index is 13.1. The summed E-state index contributed by atoms with van der Waals surface area (Å²) in [6.07, 6.45) is 1.62. The first-order valence-electron chi connectivity index (χ1n) is 10.5. The molecule has 1 amide bonds. The molecule has 2 aliphatic rings. The number of piperazine rings is 1. The molecular weight excluding hydrogens is 432 g/mol.